The van der Waals surface area contributed by atoms with E-state index >= 15 is 0 Å². The van der Waals surface area contributed by atoms with Crippen LogP contribution in [0.4, 0.5) is 16.0 Å². The van der Waals surface area contributed by atoms with Gasteiger partial charge in [0.05, 0.1) is 17.6 Å². The van der Waals surface area contributed by atoms with Gasteiger partial charge in [0.2, 0.25) is 5.91 Å². The SMILES string of the molecule is C[C@@]1(c2ccc(CCC(=N)NO)cc2)C(=O)Nc2nc(-c3nn(Cc4ccccc4F)c4cc(Cl)ccc34)nc(N)c21. The molecule has 0 unspecified atom stereocenters. The zero-order valence-electron chi connectivity index (χ0n) is 22.4. The summed E-state index contributed by atoms with van der Waals surface area (Å²) in [5, 5.41) is 25.2. The molecule has 0 aliphatic carbocycles. The van der Waals surface area contributed by atoms with Gasteiger partial charge in [0.1, 0.15) is 34.4 Å². The predicted octanol–water partition coefficient (Wildman–Crippen LogP) is 5.06. The van der Waals surface area contributed by atoms with Crippen LogP contribution in [0.3, 0.4) is 0 Å². The van der Waals surface area contributed by atoms with Crippen molar-refractivity contribution in [3.8, 4) is 11.5 Å². The first-order valence-corrected chi connectivity index (χ1v) is 13.5. The maximum Gasteiger partial charge on any atom is 0.240 e. The van der Waals surface area contributed by atoms with Crippen molar-refractivity contribution in [3.05, 3.63) is 99.8 Å². The van der Waals surface area contributed by atoms with Gasteiger partial charge in [-0.2, -0.15) is 5.10 Å². The van der Waals surface area contributed by atoms with Crippen molar-refractivity contribution >= 4 is 45.9 Å². The molecular formula is C30H26ClFN8O2. The van der Waals surface area contributed by atoms with Gasteiger partial charge in [0.25, 0.3) is 0 Å². The first-order valence-electron chi connectivity index (χ1n) is 13.1. The zero-order valence-corrected chi connectivity index (χ0v) is 23.2. The molecule has 0 bridgehead atoms. The van der Waals surface area contributed by atoms with E-state index in [1.165, 1.54) is 6.07 Å². The number of hydrogen-bond donors (Lipinski definition) is 5. The summed E-state index contributed by atoms with van der Waals surface area (Å²) < 4.78 is 16.1. The molecule has 0 saturated carbocycles. The van der Waals surface area contributed by atoms with Gasteiger partial charge in [-0.15, -0.1) is 0 Å². The van der Waals surface area contributed by atoms with Crippen molar-refractivity contribution in [2.24, 2.45) is 0 Å². The number of halogens is 2. The van der Waals surface area contributed by atoms with E-state index in [2.05, 4.69) is 15.3 Å². The second kappa shape index (κ2) is 10.5. The van der Waals surface area contributed by atoms with E-state index in [9.17, 15) is 9.18 Å². The van der Waals surface area contributed by atoms with Gasteiger partial charge in [-0.3, -0.25) is 25.6 Å². The van der Waals surface area contributed by atoms with Gasteiger partial charge in [-0.05, 0) is 48.7 Å². The lowest BCUT2D eigenvalue weighted by molar-refractivity contribution is -0.119. The Labute approximate surface area is 244 Å². The van der Waals surface area contributed by atoms with E-state index < -0.39 is 5.41 Å². The number of amides is 1. The maximum atomic E-state index is 14.5. The van der Waals surface area contributed by atoms with Crippen molar-refractivity contribution in [2.45, 2.75) is 31.7 Å². The molecule has 3 aromatic carbocycles. The van der Waals surface area contributed by atoms with Crippen LogP contribution in [0.15, 0.2) is 66.7 Å². The number of nitrogens with zero attached hydrogens (tertiary/aromatic N) is 4. The number of nitrogens with one attached hydrogen (secondary N) is 3. The standard InChI is InChI=1S/C30H26ClFN8O2/c1-30(18-9-6-16(7-10-18)8-13-23(33)39-42)24-26(34)35-28(36-27(24)37-29(30)41)25-20-12-11-19(31)14-22(20)40(38-25)15-17-4-2-3-5-21(17)32/h2-7,9-12,14,42H,8,13,15H2,1H3,(H2,33,39)(H3,34,35,36,37,41)/t30-/m0/s1. The molecule has 5 aromatic rings. The molecule has 1 atom stereocenters. The highest BCUT2D eigenvalue weighted by molar-refractivity contribution is 6.31. The first kappa shape index (κ1) is 27.3. The van der Waals surface area contributed by atoms with Crippen LogP contribution in [0.25, 0.3) is 22.4 Å². The van der Waals surface area contributed by atoms with Crippen LogP contribution in [0.2, 0.25) is 5.02 Å². The minimum absolute atomic E-state index is 0.0174. The van der Waals surface area contributed by atoms with Crippen LogP contribution in [0, 0.1) is 11.2 Å². The monoisotopic (exact) mass is 584 g/mol. The van der Waals surface area contributed by atoms with E-state index in [-0.39, 0.29) is 35.7 Å². The highest BCUT2D eigenvalue weighted by atomic mass is 35.5. The summed E-state index contributed by atoms with van der Waals surface area (Å²) in [5.74, 6) is 0.0146. The van der Waals surface area contributed by atoms with E-state index in [1.807, 2.05) is 29.7 Å². The molecule has 6 N–H and O–H groups in total. The number of hydroxylamine groups is 1. The molecule has 3 heterocycles. The van der Waals surface area contributed by atoms with Gasteiger partial charge in [0.15, 0.2) is 5.82 Å². The van der Waals surface area contributed by atoms with E-state index in [0.29, 0.717) is 57.0 Å². The lowest BCUT2D eigenvalue weighted by Crippen LogP contribution is -2.33. The van der Waals surface area contributed by atoms with E-state index in [1.54, 1.807) is 48.0 Å². The number of rotatable bonds is 7. The fourth-order valence-corrected chi connectivity index (χ4v) is 5.51. The maximum absolute atomic E-state index is 14.5. The Bertz CT molecular complexity index is 1870. The summed E-state index contributed by atoms with van der Waals surface area (Å²) in [5.41, 5.74) is 10.9. The molecule has 0 radical (unpaired) electrons. The largest absolute Gasteiger partial charge is 0.383 e. The summed E-state index contributed by atoms with van der Waals surface area (Å²) >= 11 is 6.30. The molecule has 2 aromatic heterocycles. The fraction of sp³-hybridized carbons (Fsp3) is 0.167. The van der Waals surface area contributed by atoms with Crippen LogP contribution in [0.5, 0.6) is 0 Å². The number of benzene rings is 3. The number of nitrogens with two attached hydrogens (primary N) is 1. The van der Waals surface area contributed by atoms with Crippen LogP contribution in [0.1, 0.15) is 35.6 Å². The average molecular weight is 585 g/mol. The molecule has 0 spiro atoms. The van der Waals surface area contributed by atoms with Crippen molar-refractivity contribution in [3.63, 3.8) is 0 Å². The Kier molecular flexibility index (Phi) is 6.83. The first-order chi connectivity index (χ1) is 20.2. The van der Waals surface area contributed by atoms with Crippen molar-refractivity contribution < 1.29 is 14.4 Å². The molecule has 12 heteroatoms. The van der Waals surface area contributed by atoms with E-state index in [4.69, 9.17) is 33.0 Å². The summed E-state index contributed by atoms with van der Waals surface area (Å²) in [6, 6.07) is 19.2. The average Bonchev–Trinajstić information content (AvgIpc) is 3.47. The van der Waals surface area contributed by atoms with Gasteiger partial charge in [0, 0.05) is 22.4 Å². The van der Waals surface area contributed by atoms with E-state index in [0.717, 1.165) is 5.56 Å². The molecule has 212 valence electrons. The summed E-state index contributed by atoms with van der Waals surface area (Å²) in [6.45, 7) is 1.93. The van der Waals surface area contributed by atoms with Crippen molar-refractivity contribution in [1.29, 1.82) is 5.41 Å². The molecule has 0 saturated heterocycles. The Hall–Kier alpha value is -4.87. The smallest absolute Gasteiger partial charge is 0.240 e. The number of anilines is 2. The van der Waals surface area contributed by atoms with Crippen LogP contribution < -0.4 is 16.5 Å². The second-order valence-electron chi connectivity index (χ2n) is 10.3. The number of carbonyl (C=O) groups excluding carboxylic acids is 1. The van der Waals surface area contributed by atoms with Crippen LogP contribution in [-0.4, -0.2) is 36.7 Å². The second-order valence-corrected chi connectivity index (χ2v) is 10.7. The quantitative estimate of drug-likeness (QED) is 0.102. The molecule has 10 nitrogen and oxygen atoms in total. The number of amidine groups is 1. The predicted molar refractivity (Wildman–Crippen MR) is 158 cm³/mol. The van der Waals surface area contributed by atoms with Gasteiger partial charge in [-0.25, -0.2) is 14.4 Å². The Morgan fingerprint density at radius 1 is 1.17 bits per heavy atom. The summed E-state index contributed by atoms with van der Waals surface area (Å²) in [6.07, 6.45) is 0.889. The normalized spacial score (nSPS) is 16.0. The topological polar surface area (TPSA) is 155 Å². The minimum atomic E-state index is -1.14. The highest BCUT2D eigenvalue weighted by Gasteiger charge is 2.47. The highest BCUT2D eigenvalue weighted by Crippen LogP contribution is 2.45. The number of fused-ring (bicyclic) bond motifs is 2. The Balaban J connectivity index is 1.39. The fourth-order valence-electron chi connectivity index (χ4n) is 5.34. The summed E-state index contributed by atoms with van der Waals surface area (Å²) in [4.78, 5) is 22.7. The number of aromatic nitrogens is 4. The molecule has 1 aliphatic rings. The third-order valence-corrected chi connectivity index (χ3v) is 7.89. The molecule has 1 aliphatic heterocycles. The van der Waals surface area contributed by atoms with Crippen LogP contribution >= 0.6 is 11.6 Å². The van der Waals surface area contributed by atoms with Crippen LogP contribution in [-0.2, 0) is 23.2 Å². The Morgan fingerprint density at radius 3 is 2.67 bits per heavy atom. The third kappa shape index (κ3) is 4.62. The third-order valence-electron chi connectivity index (χ3n) is 7.66. The lowest BCUT2D eigenvalue weighted by Gasteiger charge is -2.23. The van der Waals surface area contributed by atoms with Gasteiger partial charge >= 0.3 is 0 Å². The number of nitrogen functional groups attached to an aromatic ring is 1. The number of hydrogen-bond acceptors (Lipinski definition) is 7. The number of aryl methyl sites for hydroxylation is 1. The molecule has 1 amide bonds. The lowest BCUT2D eigenvalue weighted by atomic mass is 9.77. The van der Waals surface area contributed by atoms with Gasteiger partial charge < -0.3 is 11.1 Å². The summed E-state index contributed by atoms with van der Waals surface area (Å²) in [7, 11) is 0. The molecule has 42 heavy (non-hydrogen) atoms. The van der Waals surface area contributed by atoms with Gasteiger partial charge in [-0.1, -0.05) is 54.1 Å². The molecule has 6 rings (SSSR count). The zero-order chi connectivity index (χ0) is 29.6. The molecular weight excluding hydrogens is 559 g/mol. The molecule has 0 fully saturated rings. The Morgan fingerprint density at radius 2 is 1.93 bits per heavy atom. The van der Waals surface area contributed by atoms with Crippen molar-refractivity contribution in [2.75, 3.05) is 11.1 Å². The number of carbonyl (C=O) groups is 1. The van der Waals surface area contributed by atoms with Crippen molar-refractivity contribution in [1.82, 2.24) is 25.2 Å². The minimum Gasteiger partial charge on any atom is -0.383 e.